The zero-order chi connectivity index (χ0) is 20.1. The Morgan fingerprint density at radius 3 is 2.50 bits per heavy atom. The summed E-state index contributed by atoms with van der Waals surface area (Å²) in [5.41, 5.74) is 3.71. The number of aryl methyl sites for hydroxylation is 2. The molecule has 0 saturated heterocycles. The van der Waals surface area contributed by atoms with Gasteiger partial charge >= 0.3 is 0 Å². The van der Waals surface area contributed by atoms with Crippen LogP contribution >= 0.6 is 0 Å². The standard InChI is InChI=1S/C22H23N3O3/c1-4-28-17-8-6-16(7-9-17)25-21(26)13-23-22(27)19-12-15(3)24-20-10-5-14(2)11-18(19)20/h5-12H,4,13H2,1-3H3,(H,23,27)(H,25,26). The second-order valence-corrected chi connectivity index (χ2v) is 6.52. The van der Waals surface area contributed by atoms with Crippen LogP contribution in [0.2, 0.25) is 0 Å². The number of aromatic nitrogens is 1. The summed E-state index contributed by atoms with van der Waals surface area (Å²) in [6.07, 6.45) is 0. The predicted octanol–water partition coefficient (Wildman–Crippen LogP) is 3.62. The largest absolute Gasteiger partial charge is 0.494 e. The van der Waals surface area contributed by atoms with Gasteiger partial charge in [0.2, 0.25) is 5.91 Å². The minimum absolute atomic E-state index is 0.124. The van der Waals surface area contributed by atoms with E-state index in [4.69, 9.17) is 4.74 Å². The number of pyridine rings is 1. The Kier molecular flexibility index (Phi) is 5.89. The molecule has 28 heavy (non-hydrogen) atoms. The van der Waals surface area contributed by atoms with Crippen molar-refractivity contribution in [3.8, 4) is 5.75 Å². The first kappa shape index (κ1) is 19.4. The van der Waals surface area contributed by atoms with E-state index in [1.807, 2.05) is 39.0 Å². The van der Waals surface area contributed by atoms with Gasteiger partial charge < -0.3 is 15.4 Å². The zero-order valence-electron chi connectivity index (χ0n) is 16.2. The van der Waals surface area contributed by atoms with Gasteiger partial charge in [-0.2, -0.15) is 0 Å². The molecule has 6 nitrogen and oxygen atoms in total. The highest BCUT2D eigenvalue weighted by molar-refractivity contribution is 6.07. The first-order valence-electron chi connectivity index (χ1n) is 9.15. The minimum Gasteiger partial charge on any atom is -0.494 e. The van der Waals surface area contributed by atoms with E-state index in [1.165, 1.54) is 0 Å². The van der Waals surface area contributed by atoms with Crippen molar-refractivity contribution in [2.75, 3.05) is 18.5 Å². The van der Waals surface area contributed by atoms with Crippen molar-refractivity contribution in [3.63, 3.8) is 0 Å². The van der Waals surface area contributed by atoms with Gasteiger partial charge in [-0.1, -0.05) is 11.6 Å². The molecule has 0 atom stereocenters. The van der Waals surface area contributed by atoms with E-state index in [0.29, 0.717) is 17.9 Å². The second-order valence-electron chi connectivity index (χ2n) is 6.52. The molecule has 144 valence electrons. The molecule has 0 bridgehead atoms. The van der Waals surface area contributed by atoms with Crippen LogP contribution in [0.4, 0.5) is 5.69 Å². The molecule has 0 radical (unpaired) electrons. The van der Waals surface area contributed by atoms with Crippen molar-refractivity contribution < 1.29 is 14.3 Å². The molecule has 1 heterocycles. The third-order valence-electron chi connectivity index (χ3n) is 4.20. The molecule has 2 amide bonds. The summed E-state index contributed by atoms with van der Waals surface area (Å²) in [4.78, 5) is 29.3. The van der Waals surface area contributed by atoms with Crippen LogP contribution in [0.15, 0.2) is 48.5 Å². The third kappa shape index (κ3) is 4.65. The number of benzene rings is 2. The highest BCUT2D eigenvalue weighted by atomic mass is 16.5. The lowest BCUT2D eigenvalue weighted by Crippen LogP contribution is -2.33. The summed E-state index contributed by atoms with van der Waals surface area (Å²) in [5.74, 6) is 0.135. The van der Waals surface area contributed by atoms with Gasteiger partial charge in [0.1, 0.15) is 5.75 Å². The zero-order valence-corrected chi connectivity index (χ0v) is 16.2. The molecule has 6 heteroatoms. The highest BCUT2D eigenvalue weighted by Gasteiger charge is 2.13. The summed E-state index contributed by atoms with van der Waals surface area (Å²) in [5, 5.41) is 6.21. The van der Waals surface area contributed by atoms with Gasteiger partial charge in [0.25, 0.3) is 5.91 Å². The lowest BCUT2D eigenvalue weighted by atomic mass is 10.0. The molecule has 0 unspecified atom stereocenters. The van der Waals surface area contributed by atoms with Crippen LogP contribution in [-0.2, 0) is 4.79 Å². The van der Waals surface area contributed by atoms with Crippen molar-refractivity contribution in [1.82, 2.24) is 10.3 Å². The van der Waals surface area contributed by atoms with Crippen LogP contribution < -0.4 is 15.4 Å². The number of ether oxygens (including phenoxy) is 1. The third-order valence-corrected chi connectivity index (χ3v) is 4.20. The van der Waals surface area contributed by atoms with Crippen molar-refractivity contribution >= 4 is 28.4 Å². The van der Waals surface area contributed by atoms with Crippen LogP contribution in [0.25, 0.3) is 10.9 Å². The van der Waals surface area contributed by atoms with Crippen LogP contribution in [0.1, 0.15) is 28.5 Å². The molecule has 0 aliphatic carbocycles. The molecule has 0 aliphatic heterocycles. The van der Waals surface area contributed by atoms with Gasteiger partial charge in [0.15, 0.2) is 0 Å². The normalized spacial score (nSPS) is 10.5. The van der Waals surface area contributed by atoms with E-state index in [2.05, 4.69) is 15.6 Å². The van der Waals surface area contributed by atoms with Crippen molar-refractivity contribution in [2.45, 2.75) is 20.8 Å². The molecule has 0 spiro atoms. The summed E-state index contributed by atoms with van der Waals surface area (Å²) in [6, 6.07) is 14.6. The van der Waals surface area contributed by atoms with Gasteiger partial charge in [0, 0.05) is 16.8 Å². The molecule has 0 saturated carbocycles. The van der Waals surface area contributed by atoms with Gasteiger partial charge in [0.05, 0.1) is 24.2 Å². The molecule has 3 aromatic rings. The SMILES string of the molecule is CCOc1ccc(NC(=O)CNC(=O)c2cc(C)nc3ccc(C)cc23)cc1. The average molecular weight is 377 g/mol. The lowest BCUT2D eigenvalue weighted by molar-refractivity contribution is -0.115. The van der Waals surface area contributed by atoms with Gasteiger partial charge in [-0.05, 0) is 63.2 Å². The molecule has 3 rings (SSSR count). The van der Waals surface area contributed by atoms with Crippen LogP contribution in [0, 0.1) is 13.8 Å². The molecule has 0 aliphatic rings. The molecule has 2 aromatic carbocycles. The number of hydrogen-bond acceptors (Lipinski definition) is 4. The van der Waals surface area contributed by atoms with E-state index in [0.717, 1.165) is 27.9 Å². The van der Waals surface area contributed by atoms with Crippen molar-refractivity contribution in [1.29, 1.82) is 0 Å². The average Bonchev–Trinajstić information content (AvgIpc) is 2.67. The van der Waals surface area contributed by atoms with Crippen LogP contribution in [0.3, 0.4) is 0 Å². The molecular weight excluding hydrogens is 354 g/mol. The Labute approximate surface area is 163 Å². The molecular formula is C22H23N3O3. The fraction of sp³-hybridized carbons (Fsp3) is 0.227. The van der Waals surface area contributed by atoms with Gasteiger partial charge in [-0.3, -0.25) is 14.6 Å². The number of carbonyl (C=O) groups excluding carboxylic acids is 2. The smallest absolute Gasteiger partial charge is 0.252 e. The quantitative estimate of drug-likeness (QED) is 0.688. The van der Waals surface area contributed by atoms with Crippen molar-refractivity contribution in [3.05, 3.63) is 65.4 Å². The topological polar surface area (TPSA) is 80.3 Å². The van der Waals surface area contributed by atoms with E-state index in [1.54, 1.807) is 30.3 Å². The highest BCUT2D eigenvalue weighted by Crippen LogP contribution is 2.20. The number of anilines is 1. The van der Waals surface area contributed by atoms with Gasteiger partial charge in [-0.15, -0.1) is 0 Å². The Morgan fingerprint density at radius 1 is 1.04 bits per heavy atom. The second kappa shape index (κ2) is 8.52. The molecule has 2 N–H and O–H groups in total. The maximum absolute atomic E-state index is 12.7. The molecule has 1 aromatic heterocycles. The van der Waals surface area contributed by atoms with Crippen molar-refractivity contribution in [2.24, 2.45) is 0 Å². The number of hydrogen-bond donors (Lipinski definition) is 2. The summed E-state index contributed by atoms with van der Waals surface area (Å²) >= 11 is 0. The molecule has 0 fully saturated rings. The predicted molar refractivity (Wildman–Crippen MR) is 110 cm³/mol. The maximum Gasteiger partial charge on any atom is 0.252 e. The van der Waals surface area contributed by atoms with E-state index in [-0.39, 0.29) is 18.4 Å². The van der Waals surface area contributed by atoms with Crippen LogP contribution in [0.5, 0.6) is 5.75 Å². The minimum atomic E-state index is -0.303. The monoisotopic (exact) mass is 377 g/mol. The Morgan fingerprint density at radius 2 is 1.79 bits per heavy atom. The first-order valence-corrected chi connectivity index (χ1v) is 9.15. The Hall–Kier alpha value is -3.41. The number of amides is 2. The van der Waals surface area contributed by atoms with Crippen LogP contribution in [-0.4, -0.2) is 29.9 Å². The number of fused-ring (bicyclic) bond motifs is 1. The number of nitrogens with zero attached hydrogens (tertiary/aromatic N) is 1. The first-order chi connectivity index (χ1) is 13.5. The maximum atomic E-state index is 12.7. The number of carbonyl (C=O) groups is 2. The summed E-state index contributed by atoms with van der Waals surface area (Å²) < 4.78 is 5.37. The summed E-state index contributed by atoms with van der Waals surface area (Å²) in [7, 11) is 0. The number of rotatable bonds is 6. The summed E-state index contributed by atoms with van der Waals surface area (Å²) in [6.45, 7) is 6.17. The van der Waals surface area contributed by atoms with E-state index in [9.17, 15) is 9.59 Å². The Bertz CT molecular complexity index is 1010. The van der Waals surface area contributed by atoms with Gasteiger partial charge in [-0.25, -0.2) is 0 Å². The lowest BCUT2D eigenvalue weighted by Gasteiger charge is -2.10. The Balaban J connectivity index is 1.66. The number of nitrogens with one attached hydrogen (secondary N) is 2. The fourth-order valence-electron chi connectivity index (χ4n) is 2.92. The van der Waals surface area contributed by atoms with E-state index < -0.39 is 0 Å². The fourth-order valence-corrected chi connectivity index (χ4v) is 2.92. The van der Waals surface area contributed by atoms with E-state index >= 15 is 0 Å².